The average Bonchev–Trinajstić information content (AvgIpc) is 2.58. The van der Waals surface area contributed by atoms with E-state index in [0.29, 0.717) is 16.8 Å². The van der Waals surface area contributed by atoms with Gasteiger partial charge in [-0.1, -0.05) is 43.0 Å². The van der Waals surface area contributed by atoms with Crippen molar-refractivity contribution in [2.24, 2.45) is 0 Å². The molecule has 0 amide bonds. The summed E-state index contributed by atoms with van der Waals surface area (Å²) in [5.74, 6) is -1.54. The Morgan fingerprint density at radius 2 is 1.88 bits per heavy atom. The first-order valence-electron chi connectivity index (χ1n) is 7.38. The van der Waals surface area contributed by atoms with Gasteiger partial charge in [0.05, 0.1) is 11.8 Å². The van der Waals surface area contributed by atoms with Crippen LogP contribution in [0.2, 0.25) is 0 Å². The first-order chi connectivity index (χ1) is 11.5. The number of hydrogen-bond acceptors (Lipinski definition) is 4. The van der Waals surface area contributed by atoms with Gasteiger partial charge in [0.25, 0.3) is 0 Å². The van der Waals surface area contributed by atoms with Crippen molar-refractivity contribution < 1.29 is 19.4 Å². The van der Waals surface area contributed by atoms with Gasteiger partial charge in [-0.15, -0.1) is 0 Å². The van der Waals surface area contributed by atoms with Crippen molar-refractivity contribution in [3.8, 4) is 0 Å². The van der Waals surface area contributed by atoms with Gasteiger partial charge >= 0.3 is 5.97 Å². The maximum atomic E-state index is 13.1. The lowest BCUT2D eigenvalue weighted by atomic mass is 9.97. The molecule has 0 heterocycles. The summed E-state index contributed by atoms with van der Waals surface area (Å²) in [5, 5.41) is 19.6. The molecule has 0 aliphatic carbocycles. The van der Waals surface area contributed by atoms with Crippen LogP contribution in [0.1, 0.15) is 18.1 Å². The predicted octanol–water partition coefficient (Wildman–Crippen LogP) is 2.88. The van der Waals surface area contributed by atoms with Gasteiger partial charge in [-0.05, 0) is 35.8 Å². The summed E-state index contributed by atoms with van der Waals surface area (Å²) in [6.45, 7) is 3.78. The fourth-order valence-corrected chi connectivity index (χ4v) is 2.18. The second-order valence-electron chi connectivity index (χ2n) is 5.35. The zero-order valence-corrected chi connectivity index (χ0v) is 12.9. The highest BCUT2D eigenvalue weighted by Crippen LogP contribution is 2.23. The van der Waals surface area contributed by atoms with Crippen LogP contribution in [0, 0.1) is 5.82 Å². The molecular formula is C18H19FN2O3. The summed E-state index contributed by atoms with van der Waals surface area (Å²) >= 11 is 0. The third-order valence-electron chi connectivity index (χ3n) is 3.48. The molecule has 0 saturated carbocycles. The molecule has 0 radical (unpaired) electrons. The molecule has 0 saturated heterocycles. The molecule has 2 atom stereocenters. The number of carboxylic acids is 1. The normalized spacial score (nSPS) is 13.1. The van der Waals surface area contributed by atoms with Gasteiger partial charge in [-0.25, -0.2) is 9.82 Å². The monoisotopic (exact) mass is 330 g/mol. The largest absolute Gasteiger partial charge is 0.480 e. The highest BCUT2D eigenvalue weighted by molar-refractivity contribution is 5.74. The summed E-state index contributed by atoms with van der Waals surface area (Å²) in [6.07, 6.45) is -0.947. The number of benzene rings is 2. The lowest BCUT2D eigenvalue weighted by Crippen LogP contribution is -2.41. The molecule has 0 aromatic heterocycles. The first kappa shape index (κ1) is 17.7. The van der Waals surface area contributed by atoms with Crippen LogP contribution in [-0.4, -0.2) is 22.2 Å². The summed E-state index contributed by atoms with van der Waals surface area (Å²) in [6, 6.07) is 13.5. The van der Waals surface area contributed by atoms with Crippen molar-refractivity contribution in [1.82, 2.24) is 5.43 Å². The van der Waals surface area contributed by atoms with Gasteiger partial charge in [-0.3, -0.25) is 4.79 Å². The third kappa shape index (κ3) is 4.91. The molecule has 0 aliphatic rings. The Labute approximate surface area is 139 Å². The Morgan fingerprint density at radius 3 is 2.50 bits per heavy atom. The van der Waals surface area contributed by atoms with Crippen molar-refractivity contribution in [3.05, 3.63) is 78.1 Å². The van der Waals surface area contributed by atoms with Crippen LogP contribution in [0.4, 0.5) is 10.1 Å². The van der Waals surface area contributed by atoms with E-state index in [0.717, 1.165) is 0 Å². The molecule has 0 spiro atoms. The van der Waals surface area contributed by atoms with E-state index in [9.17, 15) is 19.4 Å². The zero-order valence-electron chi connectivity index (χ0n) is 12.9. The van der Waals surface area contributed by atoms with Gasteiger partial charge in [-0.2, -0.15) is 0 Å². The maximum absolute atomic E-state index is 13.1. The van der Waals surface area contributed by atoms with Gasteiger partial charge < -0.3 is 15.6 Å². The van der Waals surface area contributed by atoms with Crippen molar-refractivity contribution in [2.75, 3.05) is 5.43 Å². The third-order valence-corrected chi connectivity index (χ3v) is 3.48. The molecule has 6 heteroatoms. The molecule has 4 N–H and O–H groups in total. The molecular weight excluding hydrogens is 311 g/mol. The zero-order chi connectivity index (χ0) is 17.5. The average molecular weight is 330 g/mol. The topological polar surface area (TPSA) is 81.6 Å². The fraction of sp³-hybridized carbons (Fsp3) is 0.167. The Hall–Kier alpha value is -2.70. The van der Waals surface area contributed by atoms with E-state index in [1.165, 1.54) is 18.2 Å². The van der Waals surface area contributed by atoms with Crippen LogP contribution in [0.3, 0.4) is 0 Å². The molecule has 2 rings (SSSR count). The molecule has 126 valence electrons. The van der Waals surface area contributed by atoms with Crippen LogP contribution in [0.15, 0.2) is 66.7 Å². The molecule has 0 fully saturated rings. The highest BCUT2D eigenvalue weighted by Gasteiger charge is 2.22. The Balaban J connectivity index is 1.98. The number of nitrogens with one attached hydrogen (secondary N) is 2. The van der Waals surface area contributed by atoms with Gasteiger partial charge in [0, 0.05) is 0 Å². The summed E-state index contributed by atoms with van der Waals surface area (Å²) in [7, 11) is 0. The predicted molar refractivity (Wildman–Crippen MR) is 89.7 cm³/mol. The van der Waals surface area contributed by atoms with E-state index in [1.54, 1.807) is 30.3 Å². The van der Waals surface area contributed by atoms with E-state index < -0.39 is 23.9 Å². The number of hydrazine groups is 1. The van der Waals surface area contributed by atoms with Crippen molar-refractivity contribution in [2.45, 2.75) is 18.6 Å². The highest BCUT2D eigenvalue weighted by atomic mass is 19.1. The van der Waals surface area contributed by atoms with E-state index >= 15 is 0 Å². The number of aliphatic hydroxyl groups is 1. The van der Waals surface area contributed by atoms with E-state index in [4.69, 9.17) is 0 Å². The molecule has 2 aromatic rings. The van der Waals surface area contributed by atoms with Crippen LogP contribution in [0.25, 0.3) is 0 Å². The van der Waals surface area contributed by atoms with Crippen molar-refractivity contribution >= 4 is 11.7 Å². The number of anilines is 1. The summed E-state index contributed by atoms with van der Waals surface area (Å²) in [4.78, 5) is 11.4. The lowest BCUT2D eigenvalue weighted by molar-refractivity contribution is -0.139. The molecule has 0 bridgehead atoms. The summed E-state index contributed by atoms with van der Waals surface area (Å²) < 4.78 is 13.1. The number of rotatable bonds is 8. The minimum Gasteiger partial charge on any atom is -0.480 e. The van der Waals surface area contributed by atoms with Gasteiger partial charge in [0.15, 0.2) is 0 Å². The minimum atomic E-state index is -1.11. The lowest BCUT2D eigenvalue weighted by Gasteiger charge is -2.20. The van der Waals surface area contributed by atoms with E-state index in [2.05, 4.69) is 17.4 Å². The Kier molecular flexibility index (Phi) is 6.06. The van der Waals surface area contributed by atoms with Gasteiger partial charge in [0.2, 0.25) is 0 Å². The minimum absolute atomic E-state index is 0.00765. The van der Waals surface area contributed by atoms with E-state index in [1.807, 2.05) is 6.07 Å². The number of aliphatic carboxylic acids is 1. The van der Waals surface area contributed by atoms with Crippen LogP contribution in [-0.2, 0) is 4.79 Å². The Morgan fingerprint density at radius 1 is 1.17 bits per heavy atom. The Bertz CT molecular complexity index is 706. The number of halogens is 1. The van der Waals surface area contributed by atoms with Crippen molar-refractivity contribution in [3.63, 3.8) is 0 Å². The number of carbonyl (C=O) groups is 1. The molecule has 2 aromatic carbocycles. The second-order valence-corrected chi connectivity index (χ2v) is 5.35. The smallest absolute Gasteiger partial charge is 0.322 e. The van der Waals surface area contributed by atoms with Crippen molar-refractivity contribution in [1.29, 1.82) is 0 Å². The van der Waals surface area contributed by atoms with E-state index in [-0.39, 0.29) is 6.42 Å². The summed E-state index contributed by atoms with van der Waals surface area (Å²) in [5.41, 5.74) is 6.67. The molecule has 0 aliphatic heterocycles. The molecule has 24 heavy (non-hydrogen) atoms. The maximum Gasteiger partial charge on any atom is 0.322 e. The quantitative estimate of drug-likeness (QED) is 0.442. The standard InChI is InChI=1S/C18H19FN2O3/c1-12(17(22)13-6-3-2-4-7-13)10-16(18(23)24)21-20-15-9-5-8-14(19)11-15/h2-9,11,16-17,20-22H,1,10H2,(H,23,24). The fourth-order valence-electron chi connectivity index (χ4n) is 2.18. The number of aliphatic hydroxyl groups excluding tert-OH is 1. The number of hydrogen-bond donors (Lipinski definition) is 4. The van der Waals surface area contributed by atoms with Crippen LogP contribution >= 0.6 is 0 Å². The van der Waals surface area contributed by atoms with Gasteiger partial charge in [0.1, 0.15) is 11.9 Å². The molecule has 2 unspecified atom stereocenters. The molecule has 5 nitrogen and oxygen atoms in total. The number of carboxylic acid groups (broad SMARTS) is 1. The van der Waals surface area contributed by atoms with Crippen LogP contribution < -0.4 is 10.9 Å². The first-order valence-corrected chi connectivity index (χ1v) is 7.38. The second kappa shape index (κ2) is 8.24. The SMILES string of the molecule is C=C(CC(NNc1cccc(F)c1)C(=O)O)C(O)c1ccccc1. The van der Waals surface area contributed by atoms with Crippen LogP contribution in [0.5, 0.6) is 0 Å².